The van der Waals surface area contributed by atoms with Crippen molar-refractivity contribution in [2.24, 2.45) is 5.73 Å². The first kappa shape index (κ1) is 11.6. The van der Waals surface area contributed by atoms with Gasteiger partial charge >= 0.3 is 6.09 Å². The summed E-state index contributed by atoms with van der Waals surface area (Å²) < 4.78 is 16.1. The highest BCUT2D eigenvalue weighted by molar-refractivity contribution is 5.67. The van der Waals surface area contributed by atoms with Crippen molar-refractivity contribution in [3.8, 4) is 0 Å². The first-order valence-corrected chi connectivity index (χ1v) is 5.54. The predicted molar refractivity (Wildman–Crippen MR) is 56.0 cm³/mol. The van der Waals surface area contributed by atoms with E-state index >= 15 is 0 Å². The predicted octanol–water partition coefficient (Wildman–Crippen LogP) is -0.385. The lowest BCUT2D eigenvalue weighted by Crippen LogP contribution is -2.40. The van der Waals surface area contributed by atoms with Gasteiger partial charge in [0, 0.05) is 6.04 Å². The van der Waals surface area contributed by atoms with E-state index in [0.717, 1.165) is 0 Å². The van der Waals surface area contributed by atoms with Gasteiger partial charge in [-0.1, -0.05) is 0 Å². The minimum atomic E-state index is -0.437. The van der Waals surface area contributed by atoms with E-state index in [2.05, 4.69) is 5.32 Å². The molecule has 0 unspecified atom stereocenters. The molecule has 1 amide bonds. The Bertz CT molecular complexity index is 272. The third-order valence-corrected chi connectivity index (χ3v) is 2.71. The normalized spacial score (nSPS) is 37.5. The highest BCUT2D eigenvalue weighted by Crippen LogP contribution is 2.27. The minimum absolute atomic E-state index is 0.0531. The average molecular weight is 230 g/mol. The summed E-state index contributed by atoms with van der Waals surface area (Å²) in [5, 5.41) is 2.66. The lowest BCUT2D eigenvalue weighted by molar-refractivity contribution is 0.00368. The summed E-state index contributed by atoms with van der Waals surface area (Å²) in [6.45, 7) is 4.56. The fraction of sp³-hybridized carbons (Fsp3) is 0.900. The zero-order chi connectivity index (χ0) is 11.7. The summed E-state index contributed by atoms with van der Waals surface area (Å²) in [7, 11) is 0. The smallest absolute Gasteiger partial charge is 0.407 e. The van der Waals surface area contributed by atoms with E-state index in [1.165, 1.54) is 0 Å². The molecule has 2 rings (SSSR count). The van der Waals surface area contributed by atoms with Crippen LogP contribution in [0.4, 0.5) is 4.79 Å². The van der Waals surface area contributed by atoms with Crippen LogP contribution in [0.25, 0.3) is 0 Å². The molecule has 0 bridgehead atoms. The van der Waals surface area contributed by atoms with Gasteiger partial charge < -0.3 is 25.3 Å². The zero-order valence-corrected chi connectivity index (χ0v) is 9.51. The van der Waals surface area contributed by atoms with E-state index < -0.39 is 6.09 Å². The van der Waals surface area contributed by atoms with Crippen molar-refractivity contribution in [1.82, 2.24) is 5.32 Å². The van der Waals surface area contributed by atoms with E-state index in [-0.39, 0.29) is 30.4 Å². The number of carbonyl (C=O) groups excluding carboxylic acids is 1. The zero-order valence-electron chi connectivity index (χ0n) is 9.51. The molecule has 6 heteroatoms. The van der Waals surface area contributed by atoms with Gasteiger partial charge in [0.2, 0.25) is 0 Å². The van der Waals surface area contributed by atoms with Crippen molar-refractivity contribution >= 4 is 6.09 Å². The van der Waals surface area contributed by atoms with Crippen molar-refractivity contribution in [3.05, 3.63) is 0 Å². The van der Waals surface area contributed by atoms with Crippen LogP contribution < -0.4 is 11.1 Å². The largest absolute Gasteiger partial charge is 0.441 e. The third kappa shape index (κ3) is 2.28. The number of hydrogen-bond donors (Lipinski definition) is 2. The van der Waals surface area contributed by atoms with Crippen LogP contribution in [0.1, 0.15) is 13.8 Å². The van der Waals surface area contributed by atoms with E-state index in [4.69, 9.17) is 19.9 Å². The molecule has 2 saturated heterocycles. The molecule has 16 heavy (non-hydrogen) atoms. The Hall–Kier alpha value is -0.850. The topological polar surface area (TPSA) is 82.8 Å². The van der Waals surface area contributed by atoms with E-state index in [0.29, 0.717) is 13.2 Å². The lowest BCUT2D eigenvalue weighted by atomic mass is 10.1. The summed E-state index contributed by atoms with van der Waals surface area (Å²) in [4.78, 5) is 11.4. The maximum absolute atomic E-state index is 11.4. The number of nitrogens with two attached hydrogens (primary N) is 1. The second-order valence-corrected chi connectivity index (χ2v) is 4.50. The Morgan fingerprint density at radius 2 is 2.06 bits per heavy atom. The molecule has 0 saturated carbocycles. The Labute approximate surface area is 94.4 Å². The number of fused-ring (bicyclic) bond motifs is 1. The number of nitrogens with one attached hydrogen (secondary N) is 1. The molecule has 2 aliphatic rings. The fourth-order valence-corrected chi connectivity index (χ4v) is 2.00. The molecule has 2 aliphatic heterocycles. The molecule has 4 atom stereocenters. The highest BCUT2D eigenvalue weighted by Gasteiger charge is 2.48. The summed E-state index contributed by atoms with van der Waals surface area (Å²) >= 11 is 0. The number of alkyl carbamates (subject to hydrolysis) is 1. The van der Waals surface area contributed by atoms with Crippen LogP contribution in [0.2, 0.25) is 0 Å². The molecular weight excluding hydrogens is 212 g/mol. The molecule has 0 aromatic carbocycles. The van der Waals surface area contributed by atoms with Gasteiger partial charge in [0.25, 0.3) is 0 Å². The van der Waals surface area contributed by atoms with Gasteiger partial charge in [-0.2, -0.15) is 0 Å². The van der Waals surface area contributed by atoms with Crippen molar-refractivity contribution in [2.75, 3.05) is 13.2 Å². The first-order valence-electron chi connectivity index (χ1n) is 5.54. The van der Waals surface area contributed by atoms with E-state index in [1.54, 1.807) is 0 Å². The highest BCUT2D eigenvalue weighted by atomic mass is 16.6. The van der Waals surface area contributed by atoms with Gasteiger partial charge in [-0.3, -0.25) is 0 Å². The van der Waals surface area contributed by atoms with E-state index in [1.807, 2.05) is 13.8 Å². The summed E-state index contributed by atoms with van der Waals surface area (Å²) in [5.74, 6) is 0. The first-order chi connectivity index (χ1) is 7.58. The van der Waals surface area contributed by atoms with Crippen molar-refractivity contribution < 1.29 is 19.0 Å². The van der Waals surface area contributed by atoms with Gasteiger partial charge in [0.15, 0.2) is 6.10 Å². The number of carbonyl (C=O) groups is 1. The van der Waals surface area contributed by atoms with Crippen LogP contribution in [0.5, 0.6) is 0 Å². The monoisotopic (exact) mass is 230 g/mol. The van der Waals surface area contributed by atoms with Crippen LogP contribution in [-0.2, 0) is 14.2 Å². The van der Waals surface area contributed by atoms with Gasteiger partial charge in [0.1, 0.15) is 12.2 Å². The Morgan fingerprint density at radius 3 is 2.75 bits per heavy atom. The van der Waals surface area contributed by atoms with Gasteiger partial charge in [0.05, 0.1) is 19.3 Å². The fourth-order valence-electron chi connectivity index (χ4n) is 2.00. The minimum Gasteiger partial charge on any atom is -0.441 e. The number of hydrogen-bond acceptors (Lipinski definition) is 5. The summed E-state index contributed by atoms with van der Waals surface area (Å²) in [6.07, 6.45) is -1.14. The SMILES string of the molecule is CC(C)NC(=O)O[C@H]1CO[C@H]2[C@H]1OC[C@@H]2N. The van der Waals surface area contributed by atoms with Crippen LogP contribution in [0.3, 0.4) is 0 Å². The molecule has 0 aromatic rings. The maximum Gasteiger partial charge on any atom is 0.407 e. The van der Waals surface area contributed by atoms with Crippen LogP contribution >= 0.6 is 0 Å². The Balaban J connectivity index is 1.85. The third-order valence-electron chi connectivity index (χ3n) is 2.71. The lowest BCUT2D eigenvalue weighted by Gasteiger charge is -2.17. The Morgan fingerprint density at radius 1 is 1.38 bits per heavy atom. The van der Waals surface area contributed by atoms with Gasteiger partial charge in [-0.25, -0.2) is 4.79 Å². The molecule has 2 heterocycles. The van der Waals surface area contributed by atoms with Crippen LogP contribution in [-0.4, -0.2) is 49.7 Å². The van der Waals surface area contributed by atoms with Crippen molar-refractivity contribution in [3.63, 3.8) is 0 Å². The standard InChI is InChI=1S/C10H18N2O4/c1-5(2)12-10(13)16-7-4-15-8-6(11)3-14-9(7)8/h5-9H,3-4,11H2,1-2H3,(H,12,13)/t6-,7-,8+,9-/m0/s1. The number of ether oxygens (including phenoxy) is 3. The van der Waals surface area contributed by atoms with Crippen molar-refractivity contribution in [2.45, 2.75) is 44.2 Å². The molecule has 0 aliphatic carbocycles. The molecule has 92 valence electrons. The second-order valence-electron chi connectivity index (χ2n) is 4.50. The van der Waals surface area contributed by atoms with Crippen LogP contribution in [0.15, 0.2) is 0 Å². The summed E-state index contributed by atoms with van der Waals surface area (Å²) in [5.41, 5.74) is 5.79. The quantitative estimate of drug-likeness (QED) is 0.675. The molecular formula is C10H18N2O4. The molecule has 0 aromatic heterocycles. The average Bonchev–Trinajstić information content (AvgIpc) is 2.70. The van der Waals surface area contributed by atoms with Gasteiger partial charge in [-0.05, 0) is 13.8 Å². The Kier molecular flexibility index (Phi) is 3.32. The number of amides is 1. The summed E-state index contributed by atoms with van der Waals surface area (Å²) in [6, 6.07) is -0.0656. The van der Waals surface area contributed by atoms with Crippen LogP contribution in [0, 0.1) is 0 Å². The molecule has 0 spiro atoms. The second kappa shape index (κ2) is 4.57. The maximum atomic E-state index is 11.4. The van der Waals surface area contributed by atoms with Gasteiger partial charge in [-0.15, -0.1) is 0 Å². The molecule has 0 radical (unpaired) electrons. The molecule has 3 N–H and O–H groups in total. The van der Waals surface area contributed by atoms with E-state index in [9.17, 15) is 4.79 Å². The molecule has 2 fully saturated rings. The molecule has 6 nitrogen and oxygen atoms in total. The number of rotatable bonds is 2. The van der Waals surface area contributed by atoms with Crippen molar-refractivity contribution in [1.29, 1.82) is 0 Å².